The van der Waals surface area contributed by atoms with E-state index in [4.69, 9.17) is 16.3 Å². The molecule has 2 aromatic carbocycles. The molecule has 1 heterocycles. The van der Waals surface area contributed by atoms with Crippen LogP contribution in [-0.2, 0) is 22.4 Å². The van der Waals surface area contributed by atoms with Crippen LogP contribution in [-0.4, -0.2) is 25.0 Å². The van der Waals surface area contributed by atoms with E-state index in [9.17, 15) is 9.59 Å². The molecule has 1 aliphatic rings. The molecule has 0 aromatic heterocycles. The van der Waals surface area contributed by atoms with Crippen molar-refractivity contribution in [1.82, 2.24) is 5.32 Å². The Morgan fingerprint density at radius 3 is 2.92 bits per heavy atom. The fourth-order valence-corrected chi connectivity index (χ4v) is 2.72. The number of carbonyl (C=O) groups is 2. The largest absolute Gasteiger partial charge is 0.490 e. The lowest BCUT2D eigenvalue weighted by molar-refractivity contribution is -0.120. The zero-order valence-corrected chi connectivity index (χ0v) is 13.7. The number of para-hydroxylation sites is 1. The molecule has 24 heavy (non-hydrogen) atoms. The van der Waals surface area contributed by atoms with Gasteiger partial charge in [0.2, 0.25) is 11.8 Å². The van der Waals surface area contributed by atoms with Crippen LogP contribution in [0.5, 0.6) is 5.75 Å². The third kappa shape index (κ3) is 4.06. The third-order valence-electron chi connectivity index (χ3n) is 3.68. The van der Waals surface area contributed by atoms with Gasteiger partial charge in [-0.25, -0.2) is 0 Å². The van der Waals surface area contributed by atoms with Gasteiger partial charge in [0.15, 0.2) is 0 Å². The highest BCUT2D eigenvalue weighted by Gasteiger charge is 2.17. The van der Waals surface area contributed by atoms with Gasteiger partial charge in [-0.2, -0.15) is 0 Å². The van der Waals surface area contributed by atoms with E-state index in [0.29, 0.717) is 30.3 Å². The number of carbonyl (C=O) groups excluding carboxylic acids is 2. The molecule has 2 N–H and O–H groups in total. The average molecular weight is 345 g/mol. The number of amides is 2. The molecule has 124 valence electrons. The molecule has 0 radical (unpaired) electrons. The van der Waals surface area contributed by atoms with E-state index in [0.717, 1.165) is 16.8 Å². The predicted molar refractivity (Wildman–Crippen MR) is 92.4 cm³/mol. The van der Waals surface area contributed by atoms with Gasteiger partial charge in [-0.05, 0) is 29.3 Å². The van der Waals surface area contributed by atoms with Crippen molar-refractivity contribution in [2.24, 2.45) is 0 Å². The smallest absolute Gasteiger partial charge is 0.228 e. The lowest BCUT2D eigenvalue weighted by Crippen LogP contribution is -2.29. The number of nitrogens with one attached hydrogen (secondary N) is 2. The van der Waals surface area contributed by atoms with Gasteiger partial charge < -0.3 is 15.4 Å². The van der Waals surface area contributed by atoms with Crippen molar-refractivity contribution in [2.75, 3.05) is 18.5 Å². The number of ether oxygens (including phenoxy) is 1. The summed E-state index contributed by atoms with van der Waals surface area (Å²) >= 11 is 5.99. The minimum atomic E-state index is -0.0953. The van der Waals surface area contributed by atoms with Crippen LogP contribution < -0.4 is 15.4 Å². The summed E-state index contributed by atoms with van der Waals surface area (Å²) in [5.74, 6) is 0.494. The Balaban J connectivity index is 1.44. The van der Waals surface area contributed by atoms with E-state index in [1.807, 2.05) is 30.3 Å². The molecular weight excluding hydrogens is 328 g/mol. The quantitative estimate of drug-likeness (QED) is 0.791. The van der Waals surface area contributed by atoms with Crippen molar-refractivity contribution in [3.63, 3.8) is 0 Å². The van der Waals surface area contributed by atoms with Crippen molar-refractivity contribution in [3.05, 3.63) is 58.6 Å². The SMILES string of the molecule is O=C(Cc1ccc2c(c1)NC(=O)C2)NCCOc1ccccc1Cl. The number of hydrogen-bond donors (Lipinski definition) is 2. The molecule has 5 nitrogen and oxygen atoms in total. The maximum atomic E-state index is 12.0. The first-order valence-corrected chi connectivity index (χ1v) is 8.05. The number of rotatable bonds is 6. The van der Waals surface area contributed by atoms with E-state index in [2.05, 4.69) is 10.6 Å². The molecule has 2 amide bonds. The summed E-state index contributed by atoms with van der Waals surface area (Å²) in [7, 11) is 0. The molecule has 2 aromatic rings. The molecule has 3 rings (SSSR count). The molecule has 0 spiro atoms. The molecule has 0 unspecified atom stereocenters. The molecule has 0 aliphatic carbocycles. The van der Waals surface area contributed by atoms with Crippen LogP contribution in [0.4, 0.5) is 5.69 Å². The summed E-state index contributed by atoms with van der Waals surface area (Å²) < 4.78 is 5.52. The zero-order valence-electron chi connectivity index (χ0n) is 13.0. The van der Waals surface area contributed by atoms with Crippen molar-refractivity contribution < 1.29 is 14.3 Å². The normalized spacial score (nSPS) is 12.5. The highest BCUT2D eigenvalue weighted by molar-refractivity contribution is 6.32. The van der Waals surface area contributed by atoms with E-state index in [1.165, 1.54) is 0 Å². The summed E-state index contributed by atoms with van der Waals surface area (Å²) in [5, 5.41) is 6.13. The lowest BCUT2D eigenvalue weighted by atomic mass is 10.1. The van der Waals surface area contributed by atoms with E-state index < -0.39 is 0 Å². The Morgan fingerprint density at radius 2 is 2.08 bits per heavy atom. The molecular formula is C18H17ClN2O3. The second-order valence-corrected chi connectivity index (χ2v) is 5.93. The minimum Gasteiger partial charge on any atom is -0.490 e. The Morgan fingerprint density at radius 1 is 1.25 bits per heavy atom. The molecule has 0 atom stereocenters. The van der Waals surface area contributed by atoms with Crippen molar-refractivity contribution >= 4 is 29.1 Å². The topological polar surface area (TPSA) is 67.4 Å². The number of halogens is 1. The van der Waals surface area contributed by atoms with Crippen molar-refractivity contribution in [1.29, 1.82) is 0 Å². The van der Waals surface area contributed by atoms with Crippen LogP contribution >= 0.6 is 11.6 Å². The molecule has 0 fully saturated rings. The van der Waals surface area contributed by atoms with E-state index >= 15 is 0 Å². The van der Waals surface area contributed by atoms with Gasteiger partial charge in [0, 0.05) is 5.69 Å². The van der Waals surface area contributed by atoms with Gasteiger partial charge in [-0.15, -0.1) is 0 Å². The minimum absolute atomic E-state index is 0.0108. The third-order valence-corrected chi connectivity index (χ3v) is 3.99. The molecule has 1 aliphatic heterocycles. The van der Waals surface area contributed by atoms with Crippen LogP contribution in [0.25, 0.3) is 0 Å². The van der Waals surface area contributed by atoms with Crippen LogP contribution in [0.3, 0.4) is 0 Å². The van der Waals surface area contributed by atoms with Crippen LogP contribution in [0.1, 0.15) is 11.1 Å². The van der Waals surface area contributed by atoms with Crippen LogP contribution in [0.2, 0.25) is 5.02 Å². The van der Waals surface area contributed by atoms with Crippen molar-refractivity contribution in [2.45, 2.75) is 12.8 Å². The maximum Gasteiger partial charge on any atom is 0.228 e. The summed E-state index contributed by atoms with van der Waals surface area (Å²) in [6.07, 6.45) is 0.663. The Bertz CT molecular complexity index is 777. The summed E-state index contributed by atoms with van der Waals surface area (Å²) in [6, 6.07) is 12.8. The van der Waals surface area contributed by atoms with Crippen LogP contribution in [0, 0.1) is 0 Å². The summed E-state index contributed by atoms with van der Waals surface area (Å²) in [5.41, 5.74) is 2.63. The number of hydrogen-bond acceptors (Lipinski definition) is 3. The van der Waals surface area contributed by atoms with Gasteiger partial charge in [0.05, 0.1) is 24.4 Å². The Kier molecular flexibility index (Phi) is 5.01. The fraction of sp³-hybridized carbons (Fsp3) is 0.222. The van der Waals surface area contributed by atoms with Gasteiger partial charge in [0.1, 0.15) is 12.4 Å². The standard InChI is InChI=1S/C18H17ClN2O3/c19-14-3-1-2-4-16(14)24-8-7-20-17(22)10-12-5-6-13-11-18(23)21-15(13)9-12/h1-6,9H,7-8,10-11H2,(H,20,22)(H,21,23). The molecule has 6 heteroatoms. The Hall–Kier alpha value is -2.53. The predicted octanol–water partition coefficient (Wildman–Crippen LogP) is 2.57. The van der Waals surface area contributed by atoms with E-state index in [1.54, 1.807) is 12.1 Å². The van der Waals surface area contributed by atoms with Gasteiger partial charge >= 0.3 is 0 Å². The maximum absolute atomic E-state index is 12.0. The Labute approximate surface area is 145 Å². The lowest BCUT2D eigenvalue weighted by Gasteiger charge is -2.09. The number of fused-ring (bicyclic) bond motifs is 1. The number of benzene rings is 2. The molecule has 0 saturated carbocycles. The highest BCUT2D eigenvalue weighted by Crippen LogP contribution is 2.24. The summed E-state index contributed by atoms with van der Waals surface area (Å²) in [4.78, 5) is 23.3. The van der Waals surface area contributed by atoms with Gasteiger partial charge in [-0.1, -0.05) is 35.9 Å². The first-order chi connectivity index (χ1) is 11.6. The van der Waals surface area contributed by atoms with Gasteiger partial charge in [0.25, 0.3) is 0 Å². The van der Waals surface area contributed by atoms with E-state index in [-0.39, 0.29) is 18.2 Å². The first-order valence-electron chi connectivity index (χ1n) is 7.67. The summed E-state index contributed by atoms with van der Waals surface area (Å²) in [6.45, 7) is 0.738. The zero-order chi connectivity index (χ0) is 16.9. The van der Waals surface area contributed by atoms with Crippen LogP contribution in [0.15, 0.2) is 42.5 Å². The van der Waals surface area contributed by atoms with Gasteiger partial charge in [-0.3, -0.25) is 9.59 Å². The average Bonchev–Trinajstić information content (AvgIpc) is 2.92. The number of anilines is 1. The van der Waals surface area contributed by atoms with Crippen molar-refractivity contribution in [3.8, 4) is 5.75 Å². The monoisotopic (exact) mass is 344 g/mol. The first kappa shape index (κ1) is 16.3. The molecule has 0 saturated heterocycles. The second-order valence-electron chi connectivity index (χ2n) is 5.52. The highest BCUT2D eigenvalue weighted by atomic mass is 35.5. The second kappa shape index (κ2) is 7.36. The molecule has 0 bridgehead atoms. The fourth-order valence-electron chi connectivity index (χ4n) is 2.53.